The second-order valence-corrected chi connectivity index (χ2v) is 20.5. The molecule has 0 atom stereocenters. The molecule has 6 aromatic rings. The Labute approximate surface area is 378 Å². The highest BCUT2D eigenvalue weighted by atomic mass is 14.9. The van der Waals surface area contributed by atoms with Crippen LogP contribution in [0.5, 0.6) is 0 Å². The highest BCUT2D eigenvalue weighted by Crippen LogP contribution is 2.31. The number of benzene rings is 3. The van der Waals surface area contributed by atoms with E-state index in [4.69, 9.17) is 5.48 Å². The molecule has 0 unspecified atom stereocenters. The lowest BCUT2D eigenvalue weighted by Crippen LogP contribution is -2.33. The van der Waals surface area contributed by atoms with Crippen molar-refractivity contribution in [2.75, 3.05) is 0 Å². The van der Waals surface area contributed by atoms with Crippen LogP contribution in [0.15, 0.2) is 104 Å². The average Bonchev–Trinajstić information content (AvgIpc) is 3.15. The average molecular weight is 823 g/mol. The SMILES string of the molecule is Cc1ccc(-c2cc(CC(C)(C)C)c(CC(C)(C)C)c[n+]2C)c(C)c1.Cc1ccc(-c2ccc(C(C)C)c[n+]2C)c(C)c1.[2H]C([2H])([2H])c1ccc(-c2ccc(C([2H])(C)C)c[n+]2C)c(C)c1. The van der Waals surface area contributed by atoms with Crippen LogP contribution >= 0.6 is 0 Å². The van der Waals surface area contributed by atoms with E-state index in [0.29, 0.717) is 16.9 Å². The first-order valence-corrected chi connectivity index (χ1v) is 22.1. The molecule has 0 aliphatic heterocycles. The summed E-state index contributed by atoms with van der Waals surface area (Å²) in [5.41, 5.74) is 19.7. The molecule has 0 saturated heterocycles. The maximum absolute atomic E-state index is 8.11. The fraction of sp³-hybridized carbons (Fsp3) is 0.431. The van der Waals surface area contributed by atoms with Gasteiger partial charge in [-0.05, 0) is 130 Å². The zero-order valence-electron chi connectivity index (χ0n) is 45.1. The summed E-state index contributed by atoms with van der Waals surface area (Å²) in [6, 6.07) is 29.5. The number of hydrogen-bond acceptors (Lipinski definition) is 0. The minimum atomic E-state index is -2.08. The summed E-state index contributed by atoms with van der Waals surface area (Å²) in [4.78, 5) is 0. The van der Waals surface area contributed by atoms with Gasteiger partial charge in [0.05, 0.1) is 0 Å². The zero-order valence-corrected chi connectivity index (χ0v) is 41.1. The summed E-state index contributed by atoms with van der Waals surface area (Å²) in [6.07, 6.45) is 8.77. The first-order chi connectivity index (χ1) is 29.8. The van der Waals surface area contributed by atoms with E-state index in [1.54, 1.807) is 12.1 Å². The maximum atomic E-state index is 8.11. The molecule has 0 N–H and O–H groups in total. The highest BCUT2D eigenvalue weighted by Gasteiger charge is 2.24. The molecule has 0 spiro atoms. The largest absolute Gasteiger partial charge is 0.212 e. The van der Waals surface area contributed by atoms with Crippen molar-refractivity contribution < 1.29 is 19.2 Å². The molecule has 61 heavy (non-hydrogen) atoms. The molecule has 0 aliphatic rings. The molecule has 3 aromatic carbocycles. The van der Waals surface area contributed by atoms with E-state index in [-0.39, 0.29) is 5.41 Å². The molecule has 3 nitrogen and oxygen atoms in total. The lowest BCUT2D eigenvalue weighted by atomic mass is 9.81. The number of rotatable bonds is 7. The minimum Gasteiger partial charge on any atom is -0.201 e. The second-order valence-electron chi connectivity index (χ2n) is 20.5. The van der Waals surface area contributed by atoms with Crippen LogP contribution in [0.4, 0.5) is 0 Å². The van der Waals surface area contributed by atoms with Gasteiger partial charge in [0.2, 0.25) is 17.1 Å². The Morgan fingerprint density at radius 1 is 0.475 bits per heavy atom. The number of pyridine rings is 3. The number of aromatic nitrogens is 3. The fourth-order valence-corrected chi connectivity index (χ4v) is 8.07. The normalized spacial score (nSPS) is 13.0. The molecule has 324 valence electrons. The van der Waals surface area contributed by atoms with Crippen LogP contribution < -0.4 is 13.7 Å². The van der Waals surface area contributed by atoms with Crippen molar-refractivity contribution in [1.29, 1.82) is 0 Å². The summed E-state index contributed by atoms with van der Waals surface area (Å²) in [5.74, 6) is -0.0689. The molecule has 0 bridgehead atoms. The van der Waals surface area contributed by atoms with E-state index in [1.807, 2.05) is 56.8 Å². The van der Waals surface area contributed by atoms with E-state index in [9.17, 15) is 0 Å². The third-order valence-corrected chi connectivity index (χ3v) is 11.2. The van der Waals surface area contributed by atoms with Gasteiger partial charge in [-0.2, -0.15) is 0 Å². The zero-order chi connectivity index (χ0) is 49.0. The van der Waals surface area contributed by atoms with Gasteiger partial charge in [0.25, 0.3) is 0 Å². The van der Waals surface area contributed by atoms with Crippen LogP contribution in [-0.2, 0) is 34.0 Å². The molecule has 3 aromatic heterocycles. The Hall–Kier alpha value is -4.89. The Bertz CT molecular complexity index is 2530. The van der Waals surface area contributed by atoms with Crippen molar-refractivity contribution in [2.24, 2.45) is 32.0 Å². The Morgan fingerprint density at radius 3 is 1.28 bits per heavy atom. The lowest BCUT2D eigenvalue weighted by Gasteiger charge is -2.24. The molecule has 0 saturated carbocycles. The van der Waals surface area contributed by atoms with Gasteiger partial charge < -0.3 is 0 Å². The van der Waals surface area contributed by atoms with Gasteiger partial charge in [-0.1, -0.05) is 122 Å². The summed E-state index contributed by atoms with van der Waals surface area (Å²) >= 11 is 0. The van der Waals surface area contributed by atoms with Crippen molar-refractivity contribution in [3.8, 4) is 33.8 Å². The molecular weight excluding hydrogens is 739 g/mol. The van der Waals surface area contributed by atoms with E-state index in [0.717, 1.165) is 35.2 Å². The fourth-order valence-electron chi connectivity index (χ4n) is 8.07. The van der Waals surface area contributed by atoms with E-state index >= 15 is 0 Å². The van der Waals surface area contributed by atoms with Crippen LogP contribution in [0.3, 0.4) is 0 Å². The minimum absolute atomic E-state index is 0.284. The Balaban J connectivity index is 0.000000216. The van der Waals surface area contributed by atoms with Crippen molar-refractivity contribution >= 4 is 0 Å². The third kappa shape index (κ3) is 13.8. The van der Waals surface area contributed by atoms with Crippen molar-refractivity contribution in [2.45, 2.75) is 135 Å². The first-order valence-electron chi connectivity index (χ1n) is 24.1. The Morgan fingerprint density at radius 2 is 0.869 bits per heavy atom. The van der Waals surface area contributed by atoms with Crippen molar-refractivity contribution in [1.82, 2.24) is 0 Å². The van der Waals surface area contributed by atoms with Gasteiger partial charge in [0.1, 0.15) is 21.1 Å². The lowest BCUT2D eigenvalue weighted by molar-refractivity contribution is -0.661. The smallest absolute Gasteiger partial charge is 0.201 e. The van der Waals surface area contributed by atoms with Gasteiger partial charge >= 0.3 is 0 Å². The number of nitrogens with zero attached hydrogens (tertiary/aromatic N) is 3. The van der Waals surface area contributed by atoms with Crippen LogP contribution in [0, 0.1) is 52.3 Å². The van der Waals surface area contributed by atoms with Crippen LogP contribution in [0.25, 0.3) is 33.8 Å². The summed E-state index contributed by atoms with van der Waals surface area (Å²) in [5, 5.41) is 0. The summed E-state index contributed by atoms with van der Waals surface area (Å²) in [7, 11) is 6.25. The molecule has 0 amide bonds. The molecule has 0 radical (unpaired) electrons. The van der Waals surface area contributed by atoms with Crippen molar-refractivity contribution in [3.63, 3.8) is 0 Å². The summed E-state index contributed by atoms with van der Waals surface area (Å²) < 4.78 is 37.1. The molecule has 3 heteroatoms. The number of aryl methyl sites for hydroxylation is 9. The number of hydrogen-bond donors (Lipinski definition) is 0. The first kappa shape index (κ1) is 42.8. The molecule has 6 rings (SSSR count). The predicted molar refractivity (Wildman–Crippen MR) is 262 cm³/mol. The molecular formula is C58H80N3+3. The van der Waals surface area contributed by atoms with Gasteiger partial charge in [-0.15, -0.1) is 0 Å². The standard InChI is InChI=1S/C24H36N.2C17H22N/c1-17-10-11-21(18(2)12-17)22-13-19(14-23(3,4)5)20(16-25(22)9)15-24(6,7)8;2*1-12(2)15-7-9-17(18(5)11-15)16-8-6-13(3)10-14(16)4/h10-13,16H,14-15H2,1-9H3;2*6-12H,1-5H3/q3*+1/i;3D3,12D;. The topological polar surface area (TPSA) is 11.6 Å². The third-order valence-electron chi connectivity index (χ3n) is 11.2. The second kappa shape index (κ2) is 20.3. The Kier molecular flexibility index (Phi) is 14.3. The predicted octanol–water partition coefficient (Wildman–Crippen LogP) is 13.8. The van der Waals surface area contributed by atoms with E-state index < -0.39 is 12.7 Å². The van der Waals surface area contributed by atoms with Crippen LogP contribution in [-0.4, -0.2) is 0 Å². The van der Waals surface area contributed by atoms with Gasteiger partial charge in [-0.25, -0.2) is 13.7 Å². The maximum Gasteiger partial charge on any atom is 0.212 e. The van der Waals surface area contributed by atoms with Crippen LogP contribution in [0.1, 0.15) is 142 Å². The van der Waals surface area contributed by atoms with Gasteiger partial charge in [0.15, 0.2) is 18.6 Å². The van der Waals surface area contributed by atoms with E-state index in [2.05, 4.69) is 173 Å². The molecule has 0 aliphatic carbocycles. The van der Waals surface area contributed by atoms with E-state index in [1.165, 1.54) is 61.5 Å². The summed E-state index contributed by atoms with van der Waals surface area (Å²) in [6.45, 7) is 30.7. The van der Waals surface area contributed by atoms with Crippen molar-refractivity contribution in [3.05, 3.63) is 159 Å². The highest BCUT2D eigenvalue weighted by molar-refractivity contribution is 5.64. The van der Waals surface area contributed by atoms with Crippen LogP contribution in [0.2, 0.25) is 0 Å². The van der Waals surface area contributed by atoms with Gasteiger partial charge in [0, 0.05) is 57.1 Å². The van der Waals surface area contributed by atoms with Gasteiger partial charge in [-0.3, -0.25) is 0 Å². The molecule has 3 heterocycles. The quantitative estimate of drug-likeness (QED) is 0.142. The molecule has 0 fully saturated rings. The monoisotopic (exact) mass is 823 g/mol.